The van der Waals surface area contributed by atoms with Crippen molar-refractivity contribution in [2.75, 3.05) is 6.54 Å². The Labute approximate surface area is 105 Å². The van der Waals surface area contributed by atoms with Crippen LogP contribution in [-0.2, 0) is 0 Å². The first kappa shape index (κ1) is 12.8. The van der Waals surface area contributed by atoms with E-state index in [0.29, 0.717) is 11.3 Å². The molecule has 1 saturated carbocycles. The average Bonchev–Trinajstić information content (AvgIpc) is 2.72. The summed E-state index contributed by atoms with van der Waals surface area (Å²) in [6.07, 6.45) is 3.52. The molecular weight excluding hydrogens is 240 g/mol. The van der Waals surface area contributed by atoms with Crippen LogP contribution < -0.4 is 5.32 Å². The molecule has 2 rings (SSSR count). The normalized spacial score (nSPS) is 24.2. The zero-order valence-electron chi connectivity index (χ0n) is 9.88. The molecule has 1 aliphatic rings. The van der Waals surface area contributed by atoms with E-state index in [9.17, 15) is 8.78 Å². The van der Waals surface area contributed by atoms with E-state index in [0.717, 1.165) is 17.9 Å². The monoisotopic (exact) mass is 257 g/mol. The zero-order chi connectivity index (χ0) is 12.3. The molecule has 1 N–H and O–H groups in total. The maximum absolute atomic E-state index is 13.1. The van der Waals surface area contributed by atoms with Crippen LogP contribution in [0, 0.1) is 11.6 Å². The molecule has 2 unspecified atom stereocenters. The van der Waals surface area contributed by atoms with Crippen molar-refractivity contribution >= 4 is 11.8 Å². The number of rotatable bonds is 4. The Balaban J connectivity index is 2.02. The third kappa shape index (κ3) is 3.19. The Morgan fingerprint density at radius 2 is 2.12 bits per heavy atom. The van der Waals surface area contributed by atoms with Crippen molar-refractivity contribution < 1.29 is 8.78 Å². The maximum Gasteiger partial charge on any atom is 0.159 e. The van der Waals surface area contributed by atoms with Gasteiger partial charge in [-0.15, -0.1) is 11.8 Å². The summed E-state index contributed by atoms with van der Waals surface area (Å²) in [5.41, 5.74) is 0. The Bertz CT molecular complexity index is 384. The molecule has 0 saturated heterocycles. The van der Waals surface area contributed by atoms with Crippen molar-refractivity contribution in [1.29, 1.82) is 0 Å². The Morgan fingerprint density at radius 3 is 2.82 bits per heavy atom. The van der Waals surface area contributed by atoms with Gasteiger partial charge in [-0.1, -0.05) is 13.3 Å². The lowest BCUT2D eigenvalue weighted by Crippen LogP contribution is -2.33. The molecule has 1 nitrogen and oxygen atoms in total. The second-order valence-corrected chi connectivity index (χ2v) is 5.64. The summed E-state index contributed by atoms with van der Waals surface area (Å²) >= 11 is 1.65. The van der Waals surface area contributed by atoms with Crippen LogP contribution in [0.3, 0.4) is 0 Å². The van der Waals surface area contributed by atoms with Gasteiger partial charge in [-0.3, -0.25) is 0 Å². The van der Waals surface area contributed by atoms with E-state index in [4.69, 9.17) is 0 Å². The lowest BCUT2D eigenvalue weighted by Gasteiger charge is -2.19. The third-order valence-corrected chi connectivity index (χ3v) is 4.49. The average molecular weight is 257 g/mol. The number of hydrogen-bond donors (Lipinski definition) is 1. The second-order valence-electron chi connectivity index (χ2n) is 4.33. The van der Waals surface area contributed by atoms with Gasteiger partial charge in [0.2, 0.25) is 0 Å². The summed E-state index contributed by atoms with van der Waals surface area (Å²) in [4.78, 5) is 0.818. The number of hydrogen-bond acceptors (Lipinski definition) is 2. The highest BCUT2D eigenvalue weighted by atomic mass is 32.2. The van der Waals surface area contributed by atoms with Crippen LogP contribution in [-0.4, -0.2) is 17.8 Å². The quantitative estimate of drug-likeness (QED) is 0.884. The zero-order valence-corrected chi connectivity index (χ0v) is 10.7. The van der Waals surface area contributed by atoms with E-state index in [2.05, 4.69) is 12.2 Å². The first-order chi connectivity index (χ1) is 8.20. The molecule has 0 radical (unpaired) electrons. The number of thioether (sulfide) groups is 1. The molecular formula is C13H17F2NS. The molecule has 0 aromatic heterocycles. The first-order valence-electron chi connectivity index (χ1n) is 6.05. The Kier molecular flexibility index (Phi) is 4.40. The van der Waals surface area contributed by atoms with Crippen LogP contribution in [0.5, 0.6) is 0 Å². The van der Waals surface area contributed by atoms with E-state index >= 15 is 0 Å². The molecule has 17 heavy (non-hydrogen) atoms. The standard InChI is InChI=1S/C13H17F2NS/c1-2-16-12-4-3-5-13(12)17-9-6-7-10(14)11(15)8-9/h6-8,12-13,16H,2-5H2,1H3. The van der Waals surface area contributed by atoms with Crippen LogP contribution in [0.15, 0.2) is 23.1 Å². The minimum atomic E-state index is -0.774. The summed E-state index contributed by atoms with van der Waals surface area (Å²) in [6.45, 7) is 3.05. The molecule has 4 heteroatoms. The highest BCUT2D eigenvalue weighted by Crippen LogP contribution is 2.35. The summed E-state index contributed by atoms with van der Waals surface area (Å²) in [6, 6.07) is 4.65. The van der Waals surface area contributed by atoms with E-state index in [1.54, 1.807) is 17.8 Å². The van der Waals surface area contributed by atoms with Gasteiger partial charge < -0.3 is 5.32 Å². The number of halogens is 2. The Hall–Kier alpha value is -0.610. The van der Waals surface area contributed by atoms with E-state index in [-0.39, 0.29) is 0 Å². The van der Waals surface area contributed by atoms with Gasteiger partial charge in [-0.05, 0) is 37.6 Å². The molecule has 0 spiro atoms. The second kappa shape index (κ2) is 5.83. The van der Waals surface area contributed by atoms with Crippen molar-refractivity contribution in [2.24, 2.45) is 0 Å². The lowest BCUT2D eigenvalue weighted by atomic mass is 10.2. The van der Waals surface area contributed by atoms with Crippen molar-refractivity contribution in [3.8, 4) is 0 Å². The van der Waals surface area contributed by atoms with Crippen LogP contribution in [0.25, 0.3) is 0 Å². The van der Waals surface area contributed by atoms with E-state index in [1.807, 2.05) is 0 Å². The predicted molar refractivity (Wildman–Crippen MR) is 67.3 cm³/mol. The number of benzene rings is 1. The van der Waals surface area contributed by atoms with Crippen LogP contribution in [0.1, 0.15) is 26.2 Å². The smallest absolute Gasteiger partial charge is 0.159 e. The molecule has 0 amide bonds. The van der Waals surface area contributed by atoms with Crippen LogP contribution in [0.4, 0.5) is 8.78 Å². The maximum atomic E-state index is 13.1. The molecule has 1 aromatic carbocycles. The van der Waals surface area contributed by atoms with Gasteiger partial charge in [-0.25, -0.2) is 8.78 Å². The van der Waals surface area contributed by atoms with Gasteiger partial charge in [0.05, 0.1) is 0 Å². The summed E-state index contributed by atoms with van der Waals surface area (Å²) in [5.74, 6) is -1.53. The molecule has 1 fully saturated rings. The highest BCUT2D eigenvalue weighted by Gasteiger charge is 2.27. The van der Waals surface area contributed by atoms with Crippen LogP contribution in [0.2, 0.25) is 0 Å². The summed E-state index contributed by atoms with van der Waals surface area (Å²) < 4.78 is 25.9. The van der Waals surface area contributed by atoms with Gasteiger partial charge in [0.15, 0.2) is 11.6 Å². The minimum Gasteiger partial charge on any atom is -0.313 e. The van der Waals surface area contributed by atoms with Crippen molar-refractivity contribution in [1.82, 2.24) is 5.32 Å². The topological polar surface area (TPSA) is 12.0 Å². The van der Waals surface area contributed by atoms with Crippen molar-refractivity contribution in [2.45, 2.75) is 42.4 Å². The first-order valence-corrected chi connectivity index (χ1v) is 6.93. The van der Waals surface area contributed by atoms with Gasteiger partial charge in [0.1, 0.15) is 0 Å². The fourth-order valence-corrected chi connectivity index (χ4v) is 3.64. The highest BCUT2D eigenvalue weighted by molar-refractivity contribution is 8.00. The van der Waals surface area contributed by atoms with Crippen molar-refractivity contribution in [3.05, 3.63) is 29.8 Å². The minimum absolute atomic E-state index is 0.472. The van der Waals surface area contributed by atoms with Gasteiger partial charge in [0.25, 0.3) is 0 Å². The van der Waals surface area contributed by atoms with Gasteiger partial charge in [0, 0.05) is 16.2 Å². The van der Waals surface area contributed by atoms with Crippen molar-refractivity contribution in [3.63, 3.8) is 0 Å². The lowest BCUT2D eigenvalue weighted by molar-refractivity contribution is 0.505. The predicted octanol–water partition coefficient (Wildman–Crippen LogP) is 3.59. The van der Waals surface area contributed by atoms with E-state index < -0.39 is 11.6 Å². The molecule has 1 aliphatic carbocycles. The summed E-state index contributed by atoms with van der Waals surface area (Å²) in [5, 5.41) is 3.92. The van der Waals surface area contributed by atoms with Gasteiger partial charge >= 0.3 is 0 Å². The Morgan fingerprint density at radius 1 is 1.29 bits per heavy atom. The largest absolute Gasteiger partial charge is 0.313 e. The number of nitrogens with one attached hydrogen (secondary N) is 1. The molecule has 94 valence electrons. The van der Waals surface area contributed by atoms with E-state index in [1.165, 1.54) is 25.0 Å². The third-order valence-electron chi connectivity index (χ3n) is 3.10. The SMILES string of the molecule is CCNC1CCCC1Sc1ccc(F)c(F)c1. The van der Waals surface area contributed by atoms with Gasteiger partial charge in [-0.2, -0.15) is 0 Å². The fraction of sp³-hybridized carbons (Fsp3) is 0.538. The fourth-order valence-electron chi connectivity index (χ4n) is 2.29. The summed E-state index contributed by atoms with van der Waals surface area (Å²) in [7, 11) is 0. The molecule has 1 aromatic rings. The molecule has 0 heterocycles. The van der Waals surface area contributed by atoms with Crippen LogP contribution >= 0.6 is 11.8 Å². The molecule has 0 bridgehead atoms. The molecule has 0 aliphatic heterocycles. The molecule has 2 atom stereocenters.